The molecule has 0 aliphatic heterocycles. The molecule has 0 aromatic heterocycles. The van der Waals surface area contributed by atoms with E-state index < -0.39 is 0 Å². The van der Waals surface area contributed by atoms with Gasteiger partial charge in [-0.1, -0.05) is 0 Å². The molecule has 1 aromatic rings. The van der Waals surface area contributed by atoms with Gasteiger partial charge in [0.15, 0.2) is 0 Å². The molecule has 0 fully saturated rings. The van der Waals surface area contributed by atoms with E-state index in [1.54, 1.807) is 16.9 Å². The van der Waals surface area contributed by atoms with Crippen LogP contribution in [0.2, 0.25) is 0 Å². The number of nitrogens with two attached hydrogens (primary N) is 1. The molecule has 0 heterocycles. The van der Waals surface area contributed by atoms with Crippen LogP contribution in [-0.4, -0.2) is 16.9 Å². The molecule has 2 N–H and O–H groups in total. The molecular formula is C6H10AsCl2N. The van der Waals surface area contributed by atoms with Crippen LogP contribution in [0, 0.1) is 0 Å². The third-order valence-electron chi connectivity index (χ3n) is 0.936. The van der Waals surface area contributed by atoms with E-state index in [0.717, 1.165) is 5.69 Å². The molecule has 1 rings (SSSR count). The Balaban J connectivity index is 0. The minimum atomic E-state index is 0. The van der Waals surface area contributed by atoms with E-state index in [0.29, 0.717) is 0 Å². The number of hydrogen-bond donors (Lipinski definition) is 1. The third kappa shape index (κ3) is 4.05. The van der Waals surface area contributed by atoms with Gasteiger partial charge in [-0.2, -0.15) is 0 Å². The van der Waals surface area contributed by atoms with Gasteiger partial charge in [0.1, 0.15) is 0 Å². The monoisotopic (exact) mass is 241 g/mol. The van der Waals surface area contributed by atoms with Gasteiger partial charge in [-0.3, -0.25) is 0 Å². The van der Waals surface area contributed by atoms with E-state index in [1.807, 2.05) is 24.3 Å². The summed E-state index contributed by atoms with van der Waals surface area (Å²) < 4.78 is 1.31. The van der Waals surface area contributed by atoms with Crippen LogP contribution in [0.4, 0.5) is 5.69 Å². The van der Waals surface area contributed by atoms with E-state index in [4.69, 9.17) is 5.73 Å². The molecule has 0 amide bonds. The van der Waals surface area contributed by atoms with E-state index in [2.05, 4.69) is 0 Å². The molecule has 0 bridgehead atoms. The fourth-order valence-electron chi connectivity index (χ4n) is 0.496. The van der Waals surface area contributed by atoms with Crippen molar-refractivity contribution < 1.29 is 0 Å². The Hall–Kier alpha value is 0.158. The summed E-state index contributed by atoms with van der Waals surface area (Å²) in [5.74, 6) is 0. The molecule has 0 aliphatic carbocycles. The first kappa shape index (κ1) is 12.8. The van der Waals surface area contributed by atoms with Crippen LogP contribution in [-0.2, 0) is 0 Å². The van der Waals surface area contributed by atoms with Crippen LogP contribution in [0.15, 0.2) is 24.3 Å². The SMILES string of the molecule is Cl.Cl.Nc1ccc([AsH2])cc1. The van der Waals surface area contributed by atoms with Crippen molar-refractivity contribution in [1.29, 1.82) is 0 Å². The first-order chi connectivity index (χ1) is 3.79. The number of rotatable bonds is 0. The Kier molecular flexibility index (Phi) is 7.56. The number of benzene rings is 1. The molecule has 1 atom stereocenters. The van der Waals surface area contributed by atoms with Crippen molar-refractivity contribution in [1.82, 2.24) is 0 Å². The standard InChI is InChI=1S/C6H8AsN.2ClH/c7-5-1-3-6(8)4-2-5;;/h1-4H,7-8H2;2*1H. The van der Waals surface area contributed by atoms with Crippen molar-refractivity contribution in [3.05, 3.63) is 24.3 Å². The molecule has 0 radical (unpaired) electrons. The summed E-state index contributed by atoms with van der Waals surface area (Å²) in [6, 6.07) is 7.87. The zero-order valence-electron chi connectivity index (χ0n) is 5.28. The van der Waals surface area contributed by atoms with Crippen LogP contribution in [0.3, 0.4) is 0 Å². The van der Waals surface area contributed by atoms with Gasteiger partial charge >= 0.3 is 56.9 Å². The number of nitrogen functional groups attached to an aromatic ring is 1. The van der Waals surface area contributed by atoms with Crippen LogP contribution >= 0.6 is 24.8 Å². The Morgan fingerprint density at radius 3 is 1.70 bits per heavy atom. The predicted molar refractivity (Wildman–Crippen MR) is 53.5 cm³/mol. The van der Waals surface area contributed by atoms with Crippen molar-refractivity contribution in [2.75, 3.05) is 5.73 Å². The van der Waals surface area contributed by atoms with E-state index in [9.17, 15) is 0 Å². The van der Waals surface area contributed by atoms with E-state index in [-0.39, 0.29) is 24.8 Å². The molecule has 4 heteroatoms. The Bertz CT molecular complexity index is 155. The van der Waals surface area contributed by atoms with Gasteiger partial charge in [-0.15, -0.1) is 24.8 Å². The zero-order valence-corrected chi connectivity index (χ0v) is 9.34. The van der Waals surface area contributed by atoms with Crippen molar-refractivity contribution in [3.63, 3.8) is 0 Å². The summed E-state index contributed by atoms with van der Waals surface area (Å²) in [4.78, 5) is 0. The fraction of sp³-hybridized carbons (Fsp3) is 0. The molecule has 0 spiro atoms. The van der Waals surface area contributed by atoms with E-state index >= 15 is 0 Å². The predicted octanol–water partition coefficient (Wildman–Crippen LogP) is 0.371. The first-order valence-corrected chi connectivity index (χ1v) is 3.61. The van der Waals surface area contributed by atoms with Gasteiger partial charge in [0.25, 0.3) is 0 Å². The summed E-state index contributed by atoms with van der Waals surface area (Å²) in [5.41, 5.74) is 6.27. The molecular weight excluding hydrogens is 232 g/mol. The van der Waals surface area contributed by atoms with Gasteiger partial charge in [0, 0.05) is 0 Å². The maximum atomic E-state index is 5.43. The summed E-state index contributed by atoms with van der Waals surface area (Å²) >= 11 is 1.62. The number of hydrogen-bond acceptors (Lipinski definition) is 1. The second-order valence-corrected chi connectivity index (χ2v) is 3.07. The Morgan fingerprint density at radius 1 is 1.00 bits per heavy atom. The van der Waals surface area contributed by atoms with Crippen molar-refractivity contribution >= 4 is 51.7 Å². The number of halogens is 2. The van der Waals surface area contributed by atoms with Gasteiger partial charge in [0.2, 0.25) is 0 Å². The van der Waals surface area contributed by atoms with Gasteiger partial charge < -0.3 is 0 Å². The van der Waals surface area contributed by atoms with Gasteiger partial charge in [-0.05, 0) is 0 Å². The zero-order chi connectivity index (χ0) is 5.98. The fourth-order valence-corrected chi connectivity index (χ4v) is 0.900. The van der Waals surface area contributed by atoms with Crippen LogP contribution < -0.4 is 10.1 Å². The number of anilines is 1. The first-order valence-electron chi connectivity index (χ1n) is 2.40. The molecule has 1 aromatic carbocycles. The van der Waals surface area contributed by atoms with Gasteiger partial charge in [-0.25, -0.2) is 0 Å². The second kappa shape index (κ2) is 5.91. The summed E-state index contributed by atoms with van der Waals surface area (Å²) in [5, 5.41) is 0. The minimum absolute atomic E-state index is 0. The molecule has 0 saturated carbocycles. The average molecular weight is 242 g/mol. The third-order valence-corrected chi connectivity index (χ3v) is 1.74. The quantitative estimate of drug-likeness (QED) is 0.516. The van der Waals surface area contributed by atoms with Crippen LogP contribution in [0.5, 0.6) is 0 Å². The summed E-state index contributed by atoms with van der Waals surface area (Å²) in [7, 11) is 0. The summed E-state index contributed by atoms with van der Waals surface area (Å²) in [6.07, 6.45) is 0. The molecule has 58 valence electrons. The molecule has 10 heavy (non-hydrogen) atoms. The van der Waals surface area contributed by atoms with Crippen molar-refractivity contribution in [2.45, 2.75) is 0 Å². The molecule has 0 aliphatic rings. The van der Waals surface area contributed by atoms with Gasteiger partial charge in [0.05, 0.1) is 0 Å². The second-order valence-electron chi connectivity index (χ2n) is 1.67. The topological polar surface area (TPSA) is 26.0 Å². The summed E-state index contributed by atoms with van der Waals surface area (Å²) in [6.45, 7) is 0. The Labute approximate surface area is 81.7 Å². The van der Waals surface area contributed by atoms with Crippen molar-refractivity contribution in [3.8, 4) is 0 Å². The van der Waals surface area contributed by atoms with E-state index in [1.165, 1.54) is 4.35 Å². The maximum absolute atomic E-state index is 5.43. The van der Waals surface area contributed by atoms with Crippen LogP contribution in [0.25, 0.3) is 0 Å². The van der Waals surface area contributed by atoms with Crippen molar-refractivity contribution in [2.24, 2.45) is 0 Å². The van der Waals surface area contributed by atoms with Crippen LogP contribution in [0.1, 0.15) is 0 Å². The Morgan fingerprint density at radius 2 is 1.40 bits per heavy atom. The molecule has 0 saturated heterocycles. The molecule has 1 nitrogen and oxygen atoms in total. The average Bonchev–Trinajstić information content (AvgIpc) is 1.77. The molecule has 1 unspecified atom stereocenters. The normalized spacial score (nSPS) is 7.30.